The van der Waals surface area contributed by atoms with Crippen LogP contribution in [0.4, 0.5) is 0 Å². The molecule has 0 amide bonds. The van der Waals surface area contributed by atoms with Gasteiger partial charge in [-0.05, 0) is 12.0 Å². The molecule has 0 saturated heterocycles. The molecule has 0 aliphatic rings. The summed E-state index contributed by atoms with van der Waals surface area (Å²) in [4.78, 5) is 11.2. The molecular weight excluding hydrogens is 194 g/mol. The molecule has 4 nitrogen and oxygen atoms in total. The predicted octanol–water partition coefficient (Wildman–Crippen LogP) is 0.0919. The van der Waals surface area contributed by atoms with Crippen molar-refractivity contribution in [2.24, 2.45) is 5.73 Å². The van der Waals surface area contributed by atoms with E-state index in [1.54, 1.807) is 0 Å². The highest BCUT2D eigenvalue weighted by molar-refractivity contribution is 5.75. The van der Waals surface area contributed by atoms with Gasteiger partial charge in [0.05, 0.1) is 6.61 Å². The Bertz CT molecular complexity index is 300. The lowest BCUT2D eigenvalue weighted by Crippen LogP contribution is -2.34. The van der Waals surface area contributed by atoms with E-state index in [2.05, 4.69) is 0 Å². The summed E-state index contributed by atoms with van der Waals surface area (Å²) >= 11 is 0. The van der Waals surface area contributed by atoms with Crippen LogP contribution in [0.1, 0.15) is 5.56 Å². The third-order valence-electron chi connectivity index (χ3n) is 1.94. The van der Waals surface area contributed by atoms with Gasteiger partial charge in [0.2, 0.25) is 0 Å². The van der Waals surface area contributed by atoms with E-state index >= 15 is 0 Å². The van der Waals surface area contributed by atoms with Crippen LogP contribution in [0, 0.1) is 0 Å². The number of aliphatic hydroxyl groups excluding tert-OH is 1. The average molecular weight is 209 g/mol. The number of nitrogens with two attached hydrogens (primary N) is 1. The minimum Gasteiger partial charge on any atom is -0.462 e. The van der Waals surface area contributed by atoms with Crippen molar-refractivity contribution in [3.05, 3.63) is 35.9 Å². The van der Waals surface area contributed by atoms with Crippen LogP contribution in [0.25, 0.3) is 0 Å². The maximum atomic E-state index is 11.2. The molecule has 0 bridgehead atoms. The van der Waals surface area contributed by atoms with Crippen molar-refractivity contribution < 1.29 is 14.6 Å². The van der Waals surface area contributed by atoms with Gasteiger partial charge in [-0.2, -0.15) is 0 Å². The molecule has 0 aliphatic heterocycles. The molecule has 1 aromatic carbocycles. The largest absolute Gasteiger partial charge is 0.462 e. The smallest absolute Gasteiger partial charge is 0.323 e. The first-order valence-electron chi connectivity index (χ1n) is 4.81. The summed E-state index contributed by atoms with van der Waals surface area (Å²) < 4.78 is 4.71. The fourth-order valence-corrected chi connectivity index (χ4v) is 1.20. The minimum atomic E-state index is -0.668. The third kappa shape index (κ3) is 4.10. The van der Waals surface area contributed by atoms with E-state index in [1.807, 2.05) is 30.3 Å². The number of benzene rings is 1. The van der Waals surface area contributed by atoms with Crippen LogP contribution in [-0.2, 0) is 16.0 Å². The maximum absolute atomic E-state index is 11.2. The second kappa shape index (κ2) is 6.16. The molecule has 1 aromatic rings. The highest BCUT2D eigenvalue weighted by Crippen LogP contribution is 2.02. The van der Waals surface area contributed by atoms with Crippen LogP contribution in [0.3, 0.4) is 0 Å². The Morgan fingerprint density at radius 2 is 2.07 bits per heavy atom. The first kappa shape index (κ1) is 11.7. The van der Waals surface area contributed by atoms with Crippen molar-refractivity contribution >= 4 is 5.97 Å². The van der Waals surface area contributed by atoms with Gasteiger partial charge in [-0.25, -0.2) is 0 Å². The van der Waals surface area contributed by atoms with E-state index in [1.165, 1.54) is 0 Å². The Hall–Kier alpha value is -1.39. The molecule has 15 heavy (non-hydrogen) atoms. The fraction of sp³-hybridized carbons (Fsp3) is 0.364. The van der Waals surface area contributed by atoms with Crippen molar-refractivity contribution in [1.82, 2.24) is 0 Å². The van der Waals surface area contributed by atoms with Gasteiger partial charge in [0.15, 0.2) is 0 Å². The summed E-state index contributed by atoms with van der Waals surface area (Å²) in [6.07, 6.45) is 0.450. The number of ether oxygens (including phenoxy) is 1. The standard InChI is InChI=1S/C11H15NO3/c12-10(11(14)15-7-6-13)8-9-4-2-1-3-5-9/h1-5,10,13H,6-8,12H2. The fourth-order valence-electron chi connectivity index (χ4n) is 1.20. The number of hydrogen-bond donors (Lipinski definition) is 2. The van der Waals surface area contributed by atoms with E-state index in [0.29, 0.717) is 6.42 Å². The van der Waals surface area contributed by atoms with Gasteiger partial charge in [-0.3, -0.25) is 4.79 Å². The second-order valence-corrected chi connectivity index (χ2v) is 3.19. The molecule has 3 N–H and O–H groups in total. The molecule has 0 heterocycles. The molecule has 0 aromatic heterocycles. The molecule has 82 valence electrons. The molecule has 0 spiro atoms. The molecule has 0 fully saturated rings. The number of esters is 1. The zero-order chi connectivity index (χ0) is 11.1. The summed E-state index contributed by atoms with van der Waals surface area (Å²) in [6, 6.07) is 8.82. The second-order valence-electron chi connectivity index (χ2n) is 3.19. The zero-order valence-electron chi connectivity index (χ0n) is 8.43. The van der Waals surface area contributed by atoms with E-state index in [9.17, 15) is 4.79 Å². The normalized spacial score (nSPS) is 12.1. The summed E-state index contributed by atoms with van der Waals surface area (Å²) in [5.74, 6) is -0.479. The Morgan fingerprint density at radius 1 is 1.40 bits per heavy atom. The van der Waals surface area contributed by atoms with Gasteiger partial charge < -0.3 is 15.6 Å². The number of carbonyl (C=O) groups excluding carboxylic acids is 1. The van der Waals surface area contributed by atoms with Gasteiger partial charge in [-0.1, -0.05) is 30.3 Å². The summed E-state index contributed by atoms with van der Waals surface area (Å²) in [6.45, 7) is -0.175. The maximum Gasteiger partial charge on any atom is 0.323 e. The third-order valence-corrected chi connectivity index (χ3v) is 1.94. The van der Waals surface area contributed by atoms with E-state index in [-0.39, 0.29) is 13.2 Å². The number of hydrogen-bond acceptors (Lipinski definition) is 4. The SMILES string of the molecule is NC(Cc1ccccc1)C(=O)OCCO. The summed E-state index contributed by atoms with van der Waals surface area (Å²) in [5.41, 5.74) is 6.63. The first-order chi connectivity index (χ1) is 7.24. The van der Waals surface area contributed by atoms with Gasteiger partial charge in [-0.15, -0.1) is 0 Å². The van der Waals surface area contributed by atoms with Gasteiger partial charge in [0, 0.05) is 0 Å². The van der Waals surface area contributed by atoms with Gasteiger partial charge in [0.1, 0.15) is 12.6 Å². The van der Waals surface area contributed by atoms with Crippen LogP contribution >= 0.6 is 0 Å². The van der Waals surface area contributed by atoms with Gasteiger partial charge in [0.25, 0.3) is 0 Å². The zero-order valence-corrected chi connectivity index (χ0v) is 8.43. The molecule has 0 saturated carbocycles. The molecule has 4 heteroatoms. The first-order valence-corrected chi connectivity index (χ1v) is 4.81. The van der Waals surface area contributed by atoms with E-state index in [0.717, 1.165) is 5.56 Å². The Balaban J connectivity index is 2.41. The molecule has 0 aliphatic carbocycles. The lowest BCUT2D eigenvalue weighted by molar-refractivity contribution is -0.146. The lowest BCUT2D eigenvalue weighted by atomic mass is 10.1. The highest BCUT2D eigenvalue weighted by Gasteiger charge is 2.14. The van der Waals surface area contributed by atoms with Crippen molar-refractivity contribution in [2.75, 3.05) is 13.2 Å². The van der Waals surface area contributed by atoms with Crippen molar-refractivity contribution in [1.29, 1.82) is 0 Å². The van der Waals surface area contributed by atoms with Crippen molar-refractivity contribution in [2.45, 2.75) is 12.5 Å². The van der Waals surface area contributed by atoms with Crippen LogP contribution in [0.15, 0.2) is 30.3 Å². The van der Waals surface area contributed by atoms with Crippen LogP contribution in [-0.4, -0.2) is 30.3 Å². The average Bonchev–Trinajstić information content (AvgIpc) is 2.27. The number of aliphatic hydroxyl groups is 1. The van der Waals surface area contributed by atoms with Crippen LogP contribution < -0.4 is 5.73 Å². The molecule has 0 radical (unpaired) electrons. The molecule has 1 rings (SSSR count). The molecular formula is C11H15NO3. The predicted molar refractivity (Wildman–Crippen MR) is 56.2 cm³/mol. The topological polar surface area (TPSA) is 72.6 Å². The van der Waals surface area contributed by atoms with Gasteiger partial charge >= 0.3 is 5.97 Å². The van der Waals surface area contributed by atoms with Crippen LogP contribution in [0.2, 0.25) is 0 Å². The molecule has 1 atom stereocenters. The number of carbonyl (C=O) groups is 1. The Kier molecular flexibility index (Phi) is 4.80. The van der Waals surface area contributed by atoms with Crippen LogP contribution in [0.5, 0.6) is 0 Å². The van der Waals surface area contributed by atoms with Crippen molar-refractivity contribution in [3.63, 3.8) is 0 Å². The Morgan fingerprint density at radius 3 is 2.67 bits per heavy atom. The summed E-state index contributed by atoms with van der Waals surface area (Å²) in [5, 5.41) is 8.47. The Labute approximate surface area is 88.7 Å². The van der Waals surface area contributed by atoms with Crippen molar-refractivity contribution in [3.8, 4) is 0 Å². The summed E-state index contributed by atoms with van der Waals surface area (Å²) in [7, 11) is 0. The molecule has 1 unspecified atom stereocenters. The number of rotatable bonds is 5. The van der Waals surface area contributed by atoms with E-state index < -0.39 is 12.0 Å². The quantitative estimate of drug-likeness (QED) is 0.674. The monoisotopic (exact) mass is 209 g/mol. The lowest BCUT2D eigenvalue weighted by Gasteiger charge is -2.10. The van der Waals surface area contributed by atoms with E-state index in [4.69, 9.17) is 15.6 Å². The highest BCUT2D eigenvalue weighted by atomic mass is 16.5. The minimum absolute atomic E-state index is 0.00131.